The fourth-order valence-electron chi connectivity index (χ4n) is 2.04. The molecule has 1 atom stereocenters. The minimum absolute atomic E-state index is 0.0187. The van der Waals surface area contributed by atoms with Crippen molar-refractivity contribution in [1.82, 2.24) is 5.32 Å². The zero-order chi connectivity index (χ0) is 15.2. The molecule has 0 aliphatic carbocycles. The summed E-state index contributed by atoms with van der Waals surface area (Å²) < 4.78 is 5.40. The molecule has 1 heterocycles. The number of nitrogens with one attached hydrogen (secondary N) is 1. The van der Waals surface area contributed by atoms with Gasteiger partial charge in [0.25, 0.3) is 5.91 Å². The summed E-state index contributed by atoms with van der Waals surface area (Å²) in [6.45, 7) is 1.11. The lowest BCUT2D eigenvalue weighted by Gasteiger charge is -2.10. The van der Waals surface area contributed by atoms with Crippen LogP contribution in [0.25, 0.3) is 6.08 Å². The van der Waals surface area contributed by atoms with Crippen molar-refractivity contribution < 1.29 is 14.6 Å². The average molecular weight is 307 g/mol. The molecule has 2 N–H and O–H groups in total. The number of phenolic OH excluding ortho intramolecular Hbond substituents is 1. The molecule has 1 aliphatic heterocycles. The molecular weight excluding hydrogens is 292 g/mol. The van der Waals surface area contributed by atoms with Crippen LogP contribution in [0.2, 0.25) is 5.02 Å². The minimum Gasteiger partial charge on any atom is -0.506 e. The maximum absolute atomic E-state index is 11.9. The number of aromatic hydroxyl groups is 1. The van der Waals surface area contributed by atoms with Crippen molar-refractivity contribution in [3.05, 3.63) is 34.4 Å². The van der Waals surface area contributed by atoms with E-state index in [1.165, 1.54) is 18.2 Å². The fraction of sp³-hybridized carbons (Fsp3) is 0.333. The highest BCUT2D eigenvalue weighted by molar-refractivity contribution is 6.32. The summed E-state index contributed by atoms with van der Waals surface area (Å²) in [5, 5.41) is 21.3. The molecule has 6 heteroatoms. The zero-order valence-corrected chi connectivity index (χ0v) is 12.1. The van der Waals surface area contributed by atoms with Crippen LogP contribution in [0.1, 0.15) is 18.4 Å². The van der Waals surface area contributed by atoms with E-state index < -0.39 is 5.91 Å². The molecule has 5 nitrogen and oxygen atoms in total. The molecule has 0 saturated carbocycles. The lowest BCUT2D eigenvalue weighted by molar-refractivity contribution is -0.117. The number of amides is 1. The van der Waals surface area contributed by atoms with Crippen LogP contribution in [-0.2, 0) is 9.53 Å². The molecule has 1 aliphatic rings. The molecule has 1 fully saturated rings. The van der Waals surface area contributed by atoms with E-state index in [0.717, 1.165) is 12.8 Å². The van der Waals surface area contributed by atoms with E-state index in [4.69, 9.17) is 21.6 Å². The molecule has 2 rings (SSSR count). The van der Waals surface area contributed by atoms with Gasteiger partial charge in [-0.05, 0) is 36.6 Å². The van der Waals surface area contributed by atoms with Gasteiger partial charge in [-0.2, -0.15) is 5.26 Å². The molecule has 1 aromatic rings. The molecule has 0 radical (unpaired) electrons. The van der Waals surface area contributed by atoms with Gasteiger partial charge in [0.2, 0.25) is 0 Å². The Morgan fingerprint density at radius 1 is 1.62 bits per heavy atom. The summed E-state index contributed by atoms with van der Waals surface area (Å²) >= 11 is 5.79. The topological polar surface area (TPSA) is 82.3 Å². The third-order valence-corrected chi connectivity index (χ3v) is 3.46. The number of hydrogen-bond acceptors (Lipinski definition) is 4. The lowest BCUT2D eigenvalue weighted by Crippen LogP contribution is -2.32. The maximum atomic E-state index is 11.9. The number of rotatable bonds is 4. The predicted molar refractivity (Wildman–Crippen MR) is 78.7 cm³/mol. The van der Waals surface area contributed by atoms with Crippen molar-refractivity contribution in [3.8, 4) is 11.8 Å². The van der Waals surface area contributed by atoms with E-state index in [-0.39, 0.29) is 22.4 Å². The van der Waals surface area contributed by atoms with E-state index in [0.29, 0.717) is 18.7 Å². The van der Waals surface area contributed by atoms with Gasteiger partial charge in [0.1, 0.15) is 17.4 Å². The number of carbonyl (C=O) groups is 1. The number of ether oxygens (including phenoxy) is 1. The normalized spacial score (nSPS) is 18.3. The first-order valence-electron chi connectivity index (χ1n) is 6.60. The fourth-order valence-corrected chi connectivity index (χ4v) is 2.22. The summed E-state index contributed by atoms with van der Waals surface area (Å²) in [7, 11) is 0. The van der Waals surface area contributed by atoms with Gasteiger partial charge in [0, 0.05) is 13.2 Å². The van der Waals surface area contributed by atoms with Crippen LogP contribution in [0, 0.1) is 11.3 Å². The molecule has 0 spiro atoms. The molecule has 1 amide bonds. The van der Waals surface area contributed by atoms with Crippen molar-refractivity contribution >= 4 is 23.6 Å². The molecule has 0 bridgehead atoms. The van der Waals surface area contributed by atoms with Gasteiger partial charge >= 0.3 is 0 Å². The number of nitrogens with zero attached hydrogens (tertiary/aromatic N) is 1. The first-order chi connectivity index (χ1) is 10.1. The largest absolute Gasteiger partial charge is 0.506 e. The third kappa shape index (κ3) is 4.22. The van der Waals surface area contributed by atoms with Gasteiger partial charge in [-0.3, -0.25) is 4.79 Å². The average Bonchev–Trinajstić information content (AvgIpc) is 2.99. The van der Waals surface area contributed by atoms with Gasteiger partial charge in [-0.1, -0.05) is 17.7 Å². The Labute approximate surface area is 127 Å². The second-order valence-corrected chi connectivity index (χ2v) is 5.13. The Balaban J connectivity index is 2.03. The van der Waals surface area contributed by atoms with Gasteiger partial charge in [0.05, 0.1) is 11.1 Å². The van der Waals surface area contributed by atoms with Gasteiger partial charge in [0.15, 0.2) is 0 Å². The highest BCUT2D eigenvalue weighted by atomic mass is 35.5. The van der Waals surface area contributed by atoms with Crippen LogP contribution in [0.4, 0.5) is 0 Å². The van der Waals surface area contributed by atoms with Crippen molar-refractivity contribution in [2.24, 2.45) is 0 Å². The molecule has 21 heavy (non-hydrogen) atoms. The second kappa shape index (κ2) is 7.11. The van der Waals surface area contributed by atoms with E-state index in [1.807, 2.05) is 6.07 Å². The molecular formula is C15H15ClN2O3. The maximum Gasteiger partial charge on any atom is 0.262 e. The number of halogens is 1. The van der Waals surface area contributed by atoms with E-state index >= 15 is 0 Å². The highest BCUT2D eigenvalue weighted by Gasteiger charge is 2.17. The highest BCUT2D eigenvalue weighted by Crippen LogP contribution is 2.24. The molecule has 0 unspecified atom stereocenters. The van der Waals surface area contributed by atoms with Gasteiger partial charge in [-0.25, -0.2) is 0 Å². The third-order valence-electron chi connectivity index (χ3n) is 3.16. The summed E-state index contributed by atoms with van der Waals surface area (Å²) in [6, 6.07) is 6.34. The smallest absolute Gasteiger partial charge is 0.262 e. The van der Waals surface area contributed by atoms with Gasteiger partial charge < -0.3 is 15.2 Å². The van der Waals surface area contributed by atoms with E-state index in [1.54, 1.807) is 6.07 Å². The predicted octanol–water partition coefficient (Wildman–Crippen LogP) is 2.25. The Kier molecular flexibility index (Phi) is 5.20. The monoisotopic (exact) mass is 306 g/mol. The van der Waals surface area contributed by atoms with Crippen LogP contribution < -0.4 is 5.32 Å². The number of hydrogen-bond donors (Lipinski definition) is 2. The van der Waals surface area contributed by atoms with Crippen molar-refractivity contribution in [3.63, 3.8) is 0 Å². The quantitative estimate of drug-likeness (QED) is 0.660. The number of phenols is 1. The standard InChI is InChI=1S/C15H15ClN2O3/c16-13-7-10(3-4-14(13)19)6-11(8-17)15(20)18-9-12-2-1-5-21-12/h3-4,6-7,12,19H,1-2,5,9H2,(H,18,20)/b11-6+/t12-/m1/s1. The lowest BCUT2D eigenvalue weighted by atomic mass is 10.1. The number of carbonyl (C=O) groups excluding carboxylic acids is 1. The Bertz CT molecular complexity index is 601. The van der Waals surface area contributed by atoms with Crippen LogP contribution in [-0.4, -0.2) is 30.3 Å². The first-order valence-corrected chi connectivity index (χ1v) is 6.98. The zero-order valence-electron chi connectivity index (χ0n) is 11.3. The van der Waals surface area contributed by atoms with Gasteiger partial charge in [-0.15, -0.1) is 0 Å². The molecule has 110 valence electrons. The number of nitriles is 1. The molecule has 1 aromatic carbocycles. The SMILES string of the molecule is N#C/C(=C\c1ccc(O)c(Cl)c1)C(=O)NC[C@H]1CCCO1. The van der Waals surface area contributed by atoms with E-state index in [2.05, 4.69) is 5.32 Å². The summed E-state index contributed by atoms with van der Waals surface area (Å²) in [4.78, 5) is 11.9. The number of benzene rings is 1. The summed E-state index contributed by atoms with van der Waals surface area (Å²) in [6.07, 6.45) is 3.36. The molecule has 0 aromatic heterocycles. The Morgan fingerprint density at radius 3 is 3.05 bits per heavy atom. The first kappa shape index (κ1) is 15.4. The van der Waals surface area contributed by atoms with Crippen molar-refractivity contribution in [2.75, 3.05) is 13.2 Å². The van der Waals surface area contributed by atoms with Crippen LogP contribution in [0.15, 0.2) is 23.8 Å². The van der Waals surface area contributed by atoms with Crippen LogP contribution >= 0.6 is 11.6 Å². The van der Waals surface area contributed by atoms with Crippen LogP contribution in [0.5, 0.6) is 5.75 Å². The Morgan fingerprint density at radius 2 is 2.43 bits per heavy atom. The van der Waals surface area contributed by atoms with Crippen molar-refractivity contribution in [1.29, 1.82) is 5.26 Å². The molecule has 1 saturated heterocycles. The minimum atomic E-state index is -0.447. The summed E-state index contributed by atoms with van der Waals surface area (Å²) in [5.41, 5.74) is 0.552. The van der Waals surface area contributed by atoms with E-state index in [9.17, 15) is 9.90 Å². The van der Waals surface area contributed by atoms with Crippen molar-refractivity contribution in [2.45, 2.75) is 18.9 Å². The summed E-state index contributed by atoms with van der Waals surface area (Å²) in [5.74, 6) is -0.493. The van der Waals surface area contributed by atoms with Crippen LogP contribution in [0.3, 0.4) is 0 Å². The second-order valence-electron chi connectivity index (χ2n) is 4.73. The Hall–Kier alpha value is -2.03.